The van der Waals surface area contributed by atoms with E-state index in [1.165, 1.54) is 48.0 Å². The van der Waals surface area contributed by atoms with Gasteiger partial charge in [-0.1, -0.05) is 66.7 Å². The van der Waals surface area contributed by atoms with Crippen molar-refractivity contribution in [1.82, 2.24) is 4.98 Å². The molecule has 2 aromatic heterocycles. The summed E-state index contributed by atoms with van der Waals surface area (Å²) in [6, 6.07) is 28.6. The van der Waals surface area contributed by atoms with Crippen molar-refractivity contribution in [2.45, 2.75) is 96.8 Å². The van der Waals surface area contributed by atoms with Crippen LogP contribution in [0.5, 0.6) is 0 Å². The first-order valence-electron chi connectivity index (χ1n) is 18.4. The number of pyridine rings is 1. The van der Waals surface area contributed by atoms with E-state index in [2.05, 4.69) is 111 Å². The van der Waals surface area contributed by atoms with Gasteiger partial charge in [0.1, 0.15) is 0 Å². The van der Waals surface area contributed by atoms with Crippen molar-refractivity contribution in [3.8, 4) is 11.3 Å². The zero-order valence-corrected chi connectivity index (χ0v) is 37.3. The number of hydrogen-bond donors (Lipinski definition) is 1. The van der Waals surface area contributed by atoms with Crippen LogP contribution in [-0.4, -0.2) is 29.1 Å². The van der Waals surface area contributed by atoms with E-state index in [4.69, 9.17) is 4.98 Å². The van der Waals surface area contributed by atoms with E-state index in [0.717, 1.165) is 42.3 Å². The number of fused-ring (bicyclic) bond motifs is 6. The average molecular weight is 938 g/mol. The molecule has 4 aromatic carbocycles. The smallest absolute Gasteiger partial charge is 0.512 e. The monoisotopic (exact) mass is 939 g/mol. The van der Waals surface area contributed by atoms with E-state index < -0.39 is 13.3 Å². The molecule has 2 heterocycles. The number of ketones is 1. The number of rotatable bonds is 9. The van der Waals surface area contributed by atoms with Crippen LogP contribution in [0.4, 0.5) is 0 Å². The summed E-state index contributed by atoms with van der Waals surface area (Å²) in [5.41, 5.74) is 3.49. The molecule has 0 saturated carbocycles. The molecule has 3 nitrogen and oxygen atoms in total. The Labute approximate surface area is 325 Å². The zero-order valence-electron chi connectivity index (χ0n) is 32.0. The van der Waals surface area contributed by atoms with Crippen molar-refractivity contribution in [1.29, 1.82) is 0 Å². The second kappa shape index (κ2) is 16.9. The number of benzene rings is 4. The van der Waals surface area contributed by atoms with Gasteiger partial charge in [-0.3, -0.25) is 4.79 Å². The van der Waals surface area contributed by atoms with Gasteiger partial charge in [0, 0.05) is 38.0 Å². The van der Waals surface area contributed by atoms with Crippen LogP contribution in [-0.2, 0) is 30.3 Å². The van der Waals surface area contributed by atoms with Crippen molar-refractivity contribution in [3.05, 3.63) is 96.4 Å². The number of hydrogen-bond acceptors (Lipinski definition) is 4. The maximum absolute atomic E-state index is 11.7. The molecule has 271 valence electrons. The third-order valence-electron chi connectivity index (χ3n) is 10.2. The van der Waals surface area contributed by atoms with Gasteiger partial charge in [0.15, 0.2) is 5.78 Å². The van der Waals surface area contributed by atoms with Crippen LogP contribution < -0.4 is 4.40 Å². The van der Waals surface area contributed by atoms with E-state index >= 15 is 0 Å². The van der Waals surface area contributed by atoms with Gasteiger partial charge in [-0.15, -0.1) is 0 Å². The summed E-state index contributed by atoms with van der Waals surface area (Å²) in [5.74, 6) is 7.93. The second-order valence-corrected chi connectivity index (χ2v) is 27.3. The second-order valence-electron chi connectivity index (χ2n) is 15.7. The Kier molecular flexibility index (Phi) is 13.6. The fourth-order valence-corrected chi connectivity index (χ4v) is 10.7. The van der Waals surface area contributed by atoms with Gasteiger partial charge in [-0.2, -0.15) is 0 Å². The van der Waals surface area contributed by atoms with Crippen molar-refractivity contribution >= 4 is 76.5 Å². The first kappa shape index (κ1) is 40.9. The molecule has 6 aromatic rings. The SMILES string of the molecule is CC(C)(C)c1cc(-c2nccc3c2sc2c4cc[c]([Ge]([CH3])([CH3])[CH3])cc4ccc32)[c-]c2ccccc12.CCC(CC)C(=O)/C=C(\O)C(CC)CC.[Ir]. The van der Waals surface area contributed by atoms with Gasteiger partial charge in [0.2, 0.25) is 0 Å². The Hall–Kier alpha value is -2.83. The number of nitrogens with zero attached hydrogens (tertiary/aromatic N) is 1. The standard InChI is InChI=1S/C32H30GeNS.C13H24O2.Ir/c1-32(2,3)28-19-22(17-20-9-7-8-10-24(20)28)29-31-27(15-16-34-29)26-13-11-21-18-23(33(4,5)6)12-14-25(21)30(26)35-31;1-5-10(6-2)12(14)9-13(15)11(7-3)8-4;/h7-16,18-19H,1-6H3;9-11,14H,5-8H2,1-4H3;/q-1;;/b;12-9-;. The molecule has 0 amide bonds. The predicted molar refractivity (Wildman–Crippen MR) is 222 cm³/mol. The van der Waals surface area contributed by atoms with Gasteiger partial charge >= 0.3 is 176 Å². The number of allylic oxidation sites excluding steroid dienone is 2. The summed E-state index contributed by atoms with van der Waals surface area (Å²) < 4.78 is 4.16. The minimum Gasteiger partial charge on any atom is -0.512 e. The van der Waals surface area contributed by atoms with Crippen LogP contribution in [0.2, 0.25) is 17.3 Å². The summed E-state index contributed by atoms with van der Waals surface area (Å²) in [7, 11) is 0. The van der Waals surface area contributed by atoms with Crippen molar-refractivity contribution < 1.29 is 30.0 Å². The number of thiophene rings is 1. The van der Waals surface area contributed by atoms with E-state index in [0.29, 0.717) is 0 Å². The summed E-state index contributed by atoms with van der Waals surface area (Å²) in [4.78, 5) is 16.6. The van der Waals surface area contributed by atoms with Gasteiger partial charge in [0.25, 0.3) is 0 Å². The molecule has 0 spiro atoms. The maximum atomic E-state index is 11.7. The Morgan fingerprint density at radius 3 is 2.08 bits per heavy atom. The Bertz CT molecular complexity index is 2180. The van der Waals surface area contributed by atoms with Crippen LogP contribution >= 0.6 is 11.3 Å². The molecule has 1 radical (unpaired) electrons. The van der Waals surface area contributed by atoms with E-state index in [9.17, 15) is 9.90 Å². The molecular formula is C45H54GeIrNO2S-. The van der Waals surface area contributed by atoms with Gasteiger partial charge in [-0.05, 0) is 25.7 Å². The molecule has 6 rings (SSSR count). The van der Waals surface area contributed by atoms with Gasteiger partial charge in [-0.25, -0.2) is 0 Å². The topological polar surface area (TPSA) is 50.2 Å². The normalized spacial score (nSPS) is 12.5. The van der Waals surface area contributed by atoms with Crippen molar-refractivity contribution in [3.63, 3.8) is 0 Å². The molecule has 0 fully saturated rings. The number of aliphatic hydroxyl groups excluding tert-OH is 1. The van der Waals surface area contributed by atoms with Gasteiger partial charge < -0.3 is 5.11 Å². The molecule has 0 aliphatic rings. The van der Waals surface area contributed by atoms with E-state index in [1.54, 1.807) is 4.40 Å². The Morgan fingerprint density at radius 1 is 0.824 bits per heavy atom. The Morgan fingerprint density at radius 2 is 1.45 bits per heavy atom. The molecule has 0 unspecified atom stereocenters. The molecule has 0 bridgehead atoms. The first-order chi connectivity index (χ1) is 23.7. The van der Waals surface area contributed by atoms with Gasteiger partial charge in [0.05, 0.1) is 5.76 Å². The van der Waals surface area contributed by atoms with E-state index in [-0.39, 0.29) is 48.9 Å². The molecule has 0 aliphatic carbocycles. The minimum atomic E-state index is -1.88. The van der Waals surface area contributed by atoms with Crippen LogP contribution in [0.1, 0.15) is 79.7 Å². The van der Waals surface area contributed by atoms with E-state index in [1.807, 2.05) is 45.2 Å². The summed E-state index contributed by atoms with van der Waals surface area (Å²) >= 11 is -0.00223. The number of aromatic nitrogens is 1. The third-order valence-corrected chi connectivity index (χ3v) is 15.7. The number of aliphatic hydroxyl groups is 1. The van der Waals surface area contributed by atoms with Crippen LogP contribution in [0.3, 0.4) is 0 Å². The quantitative estimate of drug-likeness (QED) is 0.0680. The molecule has 1 N–H and O–H groups in total. The van der Waals surface area contributed by atoms with Crippen LogP contribution in [0.15, 0.2) is 84.8 Å². The minimum absolute atomic E-state index is 0. The van der Waals surface area contributed by atoms with Crippen molar-refractivity contribution in [2.24, 2.45) is 11.8 Å². The predicted octanol–water partition coefficient (Wildman–Crippen LogP) is 12.9. The van der Waals surface area contributed by atoms with Crippen LogP contribution in [0, 0.1) is 17.9 Å². The van der Waals surface area contributed by atoms with Crippen molar-refractivity contribution in [2.75, 3.05) is 0 Å². The number of carbonyl (C=O) groups is 1. The fourth-order valence-electron chi connectivity index (χ4n) is 6.91. The third kappa shape index (κ3) is 8.87. The fraction of sp³-hybridized carbons (Fsp3) is 0.378. The Balaban J connectivity index is 0.000000312. The molecule has 0 aliphatic heterocycles. The summed E-state index contributed by atoms with van der Waals surface area (Å²) in [6.07, 6.45) is 6.87. The zero-order chi connectivity index (χ0) is 36.4. The summed E-state index contributed by atoms with van der Waals surface area (Å²) in [5, 5.41) is 17.5. The summed E-state index contributed by atoms with van der Waals surface area (Å²) in [6.45, 7) is 14.9. The average Bonchev–Trinajstić information content (AvgIpc) is 3.47. The number of carbonyl (C=O) groups excluding carboxylic acids is 1. The molecular weight excluding hydrogens is 883 g/mol. The molecule has 6 heteroatoms. The first-order valence-corrected chi connectivity index (χ1v) is 26.5. The molecule has 0 saturated heterocycles. The van der Waals surface area contributed by atoms with Crippen LogP contribution in [0.25, 0.3) is 53.0 Å². The molecule has 51 heavy (non-hydrogen) atoms. The molecule has 0 atom stereocenters.